The molecule has 0 atom stereocenters. The minimum atomic E-state index is -0.921. The van der Waals surface area contributed by atoms with Gasteiger partial charge in [-0.15, -0.1) is 10.2 Å². The number of nitro groups is 2. The third-order valence-electron chi connectivity index (χ3n) is 1.58. The van der Waals surface area contributed by atoms with E-state index in [4.69, 9.17) is 0 Å². The van der Waals surface area contributed by atoms with Crippen molar-refractivity contribution < 1.29 is 19.3 Å². The van der Waals surface area contributed by atoms with Gasteiger partial charge in [-0.05, 0) is 20.6 Å². The van der Waals surface area contributed by atoms with Crippen LogP contribution in [0.4, 0.5) is 23.3 Å². The number of nitrogens with one attached hydrogen (secondary N) is 2. The van der Waals surface area contributed by atoms with E-state index in [1.54, 1.807) is 10.9 Å². The molecule has 2 N–H and O–H groups in total. The van der Waals surface area contributed by atoms with Crippen LogP contribution < -0.4 is 10.9 Å². The van der Waals surface area contributed by atoms with Gasteiger partial charge in [0.1, 0.15) is 0 Å². The number of hydrazine groups is 2. The lowest BCUT2D eigenvalue weighted by atomic mass is 10.6. The standard InChI is InChI=1S/C4H2N10O6/c15-13(16)7-3-1(9-19-11-3)5-6-2-4(8-14(17)18)12-20-10-2/h(H,7,11)(H,8,12). The molecule has 2 aromatic heterocycles. The van der Waals surface area contributed by atoms with Crippen LogP contribution in [-0.4, -0.2) is 30.7 Å². The highest BCUT2D eigenvalue weighted by Crippen LogP contribution is 2.25. The highest BCUT2D eigenvalue weighted by Gasteiger charge is 2.17. The van der Waals surface area contributed by atoms with Crippen LogP contribution in [0.15, 0.2) is 19.5 Å². The lowest BCUT2D eigenvalue weighted by Gasteiger charge is -1.89. The summed E-state index contributed by atoms with van der Waals surface area (Å²) in [6.07, 6.45) is 0. The zero-order valence-corrected chi connectivity index (χ0v) is 9.03. The van der Waals surface area contributed by atoms with Gasteiger partial charge in [0.05, 0.1) is 0 Å². The molecule has 0 aliphatic rings. The van der Waals surface area contributed by atoms with Crippen LogP contribution in [0.2, 0.25) is 0 Å². The second kappa shape index (κ2) is 5.29. The Balaban J connectivity index is 2.17. The molecule has 0 unspecified atom stereocenters. The predicted molar refractivity (Wildman–Crippen MR) is 54.0 cm³/mol. The molecule has 20 heavy (non-hydrogen) atoms. The Labute approximate surface area is 106 Å². The molecule has 0 spiro atoms. The second-order valence-electron chi connectivity index (χ2n) is 2.81. The summed E-state index contributed by atoms with van der Waals surface area (Å²) in [5.41, 5.74) is 3.30. The van der Waals surface area contributed by atoms with Crippen LogP contribution in [0.5, 0.6) is 0 Å². The van der Waals surface area contributed by atoms with Crippen molar-refractivity contribution in [1.82, 2.24) is 20.6 Å². The van der Waals surface area contributed by atoms with E-state index in [2.05, 4.69) is 40.1 Å². The molecule has 0 amide bonds. The summed E-state index contributed by atoms with van der Waals surface area (Å²) in [4.78, 5) is 20.4. The number of nitrogens with zero attached hydrogens (tertiary/aromatic N) is 8. The smallest absolute Gasteiger partial charge is 0.240 e. The van der Waals surface area contributed by atoms with E-state index in [0.29, 0.717) is 0 Å². The van der Waals surface area contributed by atoms with E-state index < -0.39 is 21.7 Å². The van der Waals surface area contributed by atoms with Gasteiger partial charge in [-0.2, -0.15) is 0 Å². The molecule has 0 saturated carbocycles. The third kappa shape index (κ3) is 2.94. The monoisotopic (exact) mass is 286 g/mol. The normalized spacial score (nSPS) is 10.6. The Morgan fingerprint density at radius 1 is 0.850 bits per heavy atom. The lowest BCUT2D eigenvalue weighted by molar-refractivity contribution is -0.445. The van der Waals surface area contributed by atoms with E-state index in [0.717, 1.165) is 0 Å². The molecular formula is C4H2N10O6. The van der Waals surface area contributed by atoms with Crippen LogP contribution in [0.3, 0.4) is 0 Å². The van der Waals surface area contributed by atoms with Crippen LogP contribution in [0.1, 0.15) is 0 Å². The highest BCUT2D eigenvalue weighted by atomic mass is 16.7. The summed E-state index contributed by atoms with van der Waals surface area (Å²) in [6, 6.07) is 0. The number of aromatic nitrogens is 4. The first kappa shape index (κ1) is 12.7. The summed E-state index contributed by atoms with van der Waals surface area (Å²) in [7, 11) is 0. The molecule has 0 bridgehead atoms. The maximum atomic E-state index is 10.2. The van der Waals surface area contributed by atoms with Gasteiger partial charge in [0.15, 0.2) is 10.1 Å². The van der Waals surface area contributed by atoms with Gasteiger partial charge in [-0.1, -0.05) is 10.9 Å². The number of rotatable bonds is 6. The number of anilines is 2. The first-order valence-electron chi connectivity index (χ1n) is 4.45. The topological polar surface area (TPSA) is 213 Å². The molecule has 2 aromatic rings. The Kier molecular flexibility index (Phi) is 3.36. The molecule has 0 saturated heterocycles. The summed E-state index contributed by atoms with van der Waals surface area (Å²) >= 11 is 0. The van der Waals surface area contributed by atoms with Crippen molar-refractivity contribution in [2.45, 2.75) is 0 Å². The summed E-state index contributed by atoms with van der Waals surface area (Å²) in [6.45, 7) is 0. The zero-order chi connectivity index (χ0) is 14.5. The molecule has 0 aromatic carbocycles. The molecule has 0 aliphatic heterocycles. The first-order chi connectivity index (χ1) is 9.56. The van der Waals surface area contributed by atoms with E-state index in [-0.39, 0.29) is 11.6 Å². The highest BCUT2D eigenvalue weighted by molar-refractivity contribution is 5.54. The van der Waals surface area contributed by atoms with Crippen molar-refractivity contribution in [3.63, 3.8) is 0 Å². The fourth-order valence-corrected chi connectivity index (χ4v) is 0.908. The maximum absolute atomic E-state index is 10.2. The van der Waals surface area contributed by atoms with E-state index in [1.807, 2.05) is 0 Å². The summed E-state index contributed by atoms with van der Waals surface area (Å²) < 4.78 is 8.41. The molecule has 0 radical (unpaired) electrons. The summed E-state index contributed by atoms with van der Waals surface area (Å²) in [5.74, 6) is -1.59. The van der Waals surface area contributed by atoms with Crippen LogP contribution in [-0.2, 0) is 0 Å². The van der Waals surface area contributed by atoms with Crippen molar-refractivity contribution in [3.05, 3.63) is 20.2 Å². The number of hydrogen-bond donors (Lipinski definition) is 2. The van der Waals surface area contributed by atoms with Crippen molar-refractivity contribution in [3.8, 4) is 0 Å². The molecule has 0 aliphatic carbocycles. The van der Waals surface area contributed by atoms with Crippen LogP contribution in [0, 0.1) is 20.2 Å². The summed E-state index contributed by atoms with van der Waals surface area (Å²) in [5, 5.41) is 38.1. The largest absolute Gasteiger partial charge is 0.281 e. The minimum Gasteiger partial charge on any atom is -0.240 e. The lowest BCUT2D eigenvalue weighted by Crippen LogP contribution is -2.08. The van der Waals surface area contributed by atoms with Crippen LogP contribution >= 0.6 is 0 Å². The second-order valence-corrected chi connectivity index (χ2v) is 2.81. The predicted octanol–water partition coefficient (Wildman–Crippen LogP) is 0.0752. The molecule has 16 nitrogen and oxygen atoms in total. The molecule has 0 fully saturated rings. The van der Waals surface area contributed by atoms with Crippen molar-refractivity contribution >= 4 is 23.3 Å². The molecule has 16 heteroatoms. The van der Waals surface area contributed by atoms with E-state index >= 15 is 0 Å². The van der Waals surface area contributed by atoms with Crippen LogP contribution in [0.25, 0.3) is 0 Å². The van der Waals surface area contributed by atoms with Gasteiger partial charge >= 0.3 is 0 Å². The Hall–Kier alpha value is -3.72. The fraction of sp³-hybridized carbons (Fsp3) is 0. The average Bonchev–Trinajstić information content (AvgIpc) is 2.95. The van der Waals surface area contributed by atoms with Gasteiger partial charge < -0.3 is 0 Å². The molecule has 2 heterocycles. The number of hydrogen-bond acceptors (Lipinski definition) is 12. The molecule has 2 rings (SSSR count). The Bertz CT molecular complexity index is 602. The zero-order valence-electron chi connectivity index (χ0n) is 9.03. The van der Waals surface area contributed by atoms with Crippen molar-refractivity contribution in [2.24, 2.45) is 10.2 Å². The quantitative estimate of drug-likeness (QED) is 0.409. The molecular weight excluding hydrogens is 284 g/mol. The van der Waals surface area contributed by atoms with Gasteiger partial charge in [0, 0.05) is 0 Å². The van der Waals surface area contributed by atoms with Gasteiger partial charge in [0.2, 0.25) is 0 Å². The average molecular weight is 286 g/mol. The third-order valence-corrected chi connectivity index (χ3v) is 1.58. The SMILES string of the molecule is O=[N+]([O-])Nc1nonc1N=Nc1nonc1N[N+](=O)[O-]. The van der Waals surface area contributed by atoms with Gasteiger partial charge in [-0.25, -0.2) is 29.5 Å². The Morgan fingerprint density at radius 3 is 1.60 bits per heavy atom. The minimum absolute atomic E-state index is 0.378. The van der Waals surface area contributed by atoms with Gasteiger partial charge in [-0.3, -0.25) is 0 Å². The van der Waals surface area contributed by atoms with E-state index in [9.17, 15) is 20.2 Å². The molecule has 104 valence electrons. The number of azo groups is 1. The Morgan fingerprint density at radius 2 is 1.25 bits per heavy atom. The van der Waals surface area contributed by atoms with Crippen molar-refractivity contribution in [2.75, 3.05) is 10.9 Å². The van der Waals surface area contributed by atoms with Crippen molar-refractivity contribution in [1.29, 1.82) is 0 Å². The first-order valence-corrected chi connectivity index (χ1v) is 4.45. The van der Waals surface area contributed by atoms with Gasteiger partial charge in [0.25, 0.3) is 23.3 Å². The van der Waals surface area contributed by atoms with E-state index in [1.165, 1.54) is 0 Å². The fourth-order valence-electron chi connectivity index (χ4n) is 0.908. The maximum Gasteiger partial charge on any atom is 0.281 e.